The van der Waals surface area contributed by atoms with Gasteiger partial charge in [-0.15, -0.1) is 0 Å². The van der Waals surface area contributed by atoms with E-state index in [2.05, 4.69) is 42.0 Å². The summed E-state index contributed by atoms with van der Waals surface area (Å²) in [6, 6.07) is 4.98. The molecule has 106 valence electrons. The zero-order chi connectivity index (χ0) is 13.7. The van der Waals surface area contributed by atoms with Gasteiger partial charge in [0, 0.05) is 30.9 Å². The zero-order valence-electron chi connectivity index (χ0n) is 12.5. The Bertz CT molecular complexity index is 385. The molecule has 1 aliphatic carbocycles. The van der Waals surface area contributed by atoms with Crippen molar-refractivity contribution >= 4 is 5.82 Å². The molecular weight excluding hydrogens is 234 g/mol. The van der Waals surface area contributed by atoms with E-state index in [0.717, 1.165) is 31.6 Å². The second kappa shape index (κ2) is 6.90. The van der Waals surface area contributed by atoms with Crippen molar-refractivity contribution in [1.82, 2.24) is 10.3 Å². The van der Waals surface area contributed by atoms with E-state index in [0.29, 0.717) is 0 Å². The Kier molecular flexibility index (Phi) is 5.20. The molecule has 0 unspecified atom stereocenters. The largest absolute Gasteiger partial charge is 0.353 e. The molecule has 1 heterocycles. The molecule has 1 aliphatic rings. The molecule has 3 heteroatoms. The minimum Gasteiger partial charge on any atom is -0.353 e. The van der Waals surface area contributed by atoms with Crippen LogP contribution >= 0.6 is 0 Å². The van der Waals surface area contributed by atoms with Crippen LogP contribution in [0, 0.1) is 5.92 Å². The molecule has 1 aromatic rings. The summed E-state index contributed by atoms with van der Waals surface area (Å²) in [6.45, 7) is 9.80. The van der Waals surface area contributed by atoms with Gasteiger partial charge in [0.2, 0.25) is 0 Å². The van der Waals surface area contributed by atoms with Gasteiger partial charge in [-0.05, 0) is 37.8 Å². The minimum atomic E-state index is 0.731. The van der Waals surface area contributed by atoms with Crippen molar-refractivity contribution in [3.63, 3.8) is 0 Å². The monoisotopic (exact) mass is 261 g/mol. The number of rotatable bonds is 8. The van der Waals surface area contributed by atoms with E-state index in [1.54, 1.807) is 0 Å². The lowest BCUT2D eigenvalue weighted by molar-refractivity contribution is 0.566. The molecule has 0 aromatic carbocycles. The van der Waals surface area contributed by atoms with Crippen LogP contribution in [-0.2, 0) is 6.54 Å². The first-order valence-electron chi connectivity index (χ1n) is 7.63. The molecule has 0 aliphatic heterocycles. The lowest BCUT2D eigenvalue weighted by Gasteiger charge is -2.26. The van der Waals surface area contributed by atoms with E-state index in [4.69, 9.17) is 0 Å². The van der Waals surface area contributed by atoms with Crippen LogP contribution < -0.4 is 10.2 Å². The molecule has 1 N–H and O–H groups in total. The normalized spacial score (nSPS) is 14.9. The van der Waals surface area contributed by atoms with Crippen molar-refractivity contribution in [2.45, 2.75) is 52.6 Å². The Balaban J connectivity index is 2.11. The van der Waals surface area contributed by atoms with E-state index in [9.17, 15) is 0 Å². The number of nitrogens with zero attached hydrogens (tertiary/aromatic N) is 2. The van der Waals surface area contributed by atoms with Crippen molar-refractivity contribution in [3.05, 3.63) is 23.9 Å². The number of hydrogen-bond acceptors (Lipinski definition) is 3. The Morgan fingerprint density at radius 1 is 1.42 bits per heavy atom. The number of nitrogens with one attached hydrogen (secondary N) is 1. The number of aromatic nitrogens is 1. The third-order valence-electron chi connectivity index (χ3n) is 3.64. The summed E-state index contributed by atoms with van der Waals surface area (Å²) in [4.78, 5) is 7.19. The minimum absolute atomic E-state index is 0.731. The number of anilines is 1. The predicted molar refractivity (Wildman–Crippen MR) is 81.4 cm³/mol. The molecule has 1 aromatic heterocycles. The van der Waals surface area contributed by atoms with Gasteiger partial charge in [-0.25, -0.2) is 4.98 Å². The summed E-state index contributed by atoms with van der Waals surface area (Å²) in [6.07, 6.45) is 5.83. The lowest BCUT2D eigenvalue weighted by Crippen LogP contribution is -2.30. The highest BCUT2D eigenvalue weighted by Crippen LogP contribution is 2.32. The highest BCUT2D eigenvalue weighted by atomic mass is 15.2. The van der Waals surface area contributed by atoms with Gasteiger partial charge in [0.1, 0.15) is 5.82 Å². The molecule has 1 saturated carbocycles. The van der Waals surface area contributed by atoms with Crippen LogP contribution in [0.4, 0.5) is 5.82 Å². The van der Waals surface area contributed by atoms with E-state index in [1.807, 2.05) is 12.3 Å². The van der Waals surface area contributed by atoms with Crippen molar-refractivity contribution in [2.75, 3.05) is 18.0 Å². The van der Waals surface area contributed by atoms with E-state index >= 15 is 0 Å². The smallest absolute Gasteiger partial charge is 0.133 e. The van der Waals surface area contributed by atoms with Gasteiger partial charge in [-0.2, -0.15) is 0 Å². The quantitative estimate of drug-likeness (QED) is 0.779. The van der Waals surface area contributed by atoms with Crippen LogP contribution in [0.1, 0.15) is 45.6 Å². The summed E-state index contributed by atoms with van der Waals surface area (Å²) in [5.74, 6) is 1.95. The van der Waals surface area contributed by atoms with E-state index in [1.165, 1.54) is 30.6 Å². The van der Waals surface area contributed by atoms with Crippen LogP contribution in [0.25, 0.3) is 0 Å². The lowest BCUT2D eigenvalue weighted by atomic mass is 10.1. The maximum absolute atomic E-state index is 4.66. The van der Waals surface area contributed by atoms with Crippen LogP contribution in [0.2, 0.25) is 0 Å². The first-order valence-corrected chi connectivity index (χ1v) is 7.63. The Labute approximate surface area is 117 Å². The highest BCUT2D eigenvalue weighted by molar-refractivity contribution is 5.48. The third-order valence-corrected chi connectivity index (χ3v) is 3.64. The second-order valence-electron chi connectivity index (χ2n) is 5.87. The average molecular weight is 261 g/mol. The van der Waals surface area contributed by atoms with E-state index in [-0.39, 0.29) is 0 Å². The standard InChI is InChI=1S/C16H27N3/c1-4-17-12-14-6-5-10-18-16(14)19(15-7-8-15)11-9-13(2)3/h5-6,10,13,15,17H,4,7-9,11-12H2,1-3H3. The summed E-state index contributed by atoms with van der Waals surface area (Å²) >= 11 is 0. The molecule has 0 saturated heterocycles. The summed E-state index contributed by atoms with van der Waals surface area (Å²) in [7, 11) is 0. The van der Waals surface area contributed by atoms with Gasteiger partial charge in [0.15, 0.2) is 0 Å². The molecule has 0 bridgehead atoms. The Morgan fingerprint density at radius 2 is 2.21 bits per heavy atom. The molecule has 2 rings (SSSR count). The van der Waals surface area contributed by atoms with Gasteiger partial charge in [-0.1, -0.05) is 26.8 Å². The SMILES string of the molecule is CCNCc1cccnc1N(CCC(C)C)C1CC1. The molecule has 0 spiro atoms. The van der Waals surface area contributed by atoms with Crippen LogP contribution in [0.3, 0.4) is 0 Å². The topological polar surface area (TPSA) is 28.2 Å². The molecule has 0 radical (unpaired) electrons. The van der Waals surface area contributed by atoms with Gasteiger partial charge < -0.3 is 10.2 Å². The van der Waals surface area contributed by atoms with Crippen LogP contribution in [0.15, 0.2) is 18.3 Å². The first-order chi connectivity index (χ1) is 9.22. The van der Waals surface area contributed by atoms with Crippen molar-refractivity contribution in [1.29, 1.82) is 0 Å². The summed E-state index contributed by atoms with van der Waals surface area (Å²) in [5, 5.41) is 3.42. The van der Waals surface area contributed by atoms with Gasteiger partial charge in [0.05, 0.1) is 0 Å². The first kappa shape index (κ1) is 14.3. The maximum atomic E-state index is 4.66. The highest BCUT2D eigenvalue weighted by Gasteiger charge is 2.30. The van der Waals surface area contributed by atoms with E-state index < -0.39 is 0 Å². The maximum Gasteiger partial charge on any atom is 0.133 e. The molecule has 3 nitrogen and oxygen atoms in total. The zero-order valence-corrected chi connectivity index (χ0v) is 12.5. The van der Waals surface area contributed by atoms with Gasteiger partial charge in [0.25, 0.3) is 0 Å². The fraction of sp³-hybridized carbons (Fsp3) is 0.688. The Hall–Kier alpha value is -1.09. The summed E-state index contributed by atoms with van der Waals surface area (Å²) < 4.78 is 0. The number of pyridine rings is 1. The average Bonchev–Trinajstić information content (AvgIpc) is 3.22. The van der Waals surface area contributed by atoms with Crippen LogP contribution in [-0.4, -0.2) is 24.1 Å². The van der Waals surface area contributed by atoms with Gasteiger partial charge >= 0.3 is 0 Å². The summed E-state index contributed by atoms with van der Waals surface area (Å²) in [5.41, 5.74) is 1.33. The van der Waals surface area contributed by atoms with Crippen molar-refractivity contribution < 1.29 is 0 Å². The molecule has 1 fully saturated rings. The second-order valence-corrected chi connectivity index (χ2v) is 5.87. The fourth-order valence-corrected chi connectivity index (χ4v) is 2.33. The van der Waals surface area contributed by atoms with Crippen LogP contribution in [0.5, 0.6) is 0 Å². The van der Waals surface area contributed by atoms with Crippen molar-refractivity contribution in [3.8, 4) is 0 Å². The number of hydrogen-bond donors (Lipinski definition) is 1. The Morgan fingerprint density at radius 3 is 2.84 bits per heavy atom. The molecule has 19 heavy (non-hydrogen) atoms. The predicted octanol–water partition coefficient (Wildman–Crippen LogP) is 3.21. The molecular formula is C16H27N3. The molecule has 0 amide bonds. The third kappa shape index (κ3) is 4.20. The fourth-order valence-electron chi connectivity index (χ4n) is 2.33. The molecule has 0 atom stereocenters. The van der Waals surface area contributed by atoms with Crippen molar-refractivity contribution in [2.24, 2.45) is 5.92 Å². The van der Waals surface area contributed by atoms with Gasteiger partial charge in [-0.3, -0.25) is 0 Å².